The molecule has 0 saturated carbocycles. The summed E-state index contributed by atoms with van der Waals surface area (Å²) in [4.78, 5) is 4.16. The summed E-state index contributed by atoms with van der Waals surface area (Å²) in [6.45, 7) is 0.778. The van der Waals surface area contributed by atoms with E-state index in [1.54, 1.807) is 0 Å². The van der Waals surface area contributed by atoms with Gasteiger partial charge in [-0.25, -0.2) is 0 Å². The molecular weight excluding hydrogens is 234 g/mol. The van der Waals surface area contributed by atoms with Gasteiger partial charge in [0.15, 0.2) is 0 Å². The van der Waals surface area contributed by atoms with E-state index in [2.05, 4.69) is 28.0 Å². The first-order valence-corrected chi connectivity index (χ1v) is 6.39. The summed E-state index contributed by atoms with van der Waals surface area (Å²) in [6, 6.07) is 16.4. The zero-order valence-corrected chi connectivity index (χ0v) is 11.2. The minimum atomic E-state index is 0.588. The molecule has 0 aliphatic carbocycles. The maximum absolute atomic E-state index is 8.37. The smallest absolute Gasteiger partial charge is 0.133 e. The predicted octanol–water partition coefficient (Wildman–Crippen LogP) is 3.10. The fourth-order valence-electron chi connectivity index (χ4n) is 2.56. The van der Waals surface area contributed by atoms with Crippen LogP contribution in [0.25, 0.3) is 0 Å². The number of nitrogens with one attached hydrogen (secondary N) is 1. The van der Waals surface area contributed by atoms with Gasteiger partial charge in [-0.2, -0.15) is 0 Å². The molecule has 1 aliphatic rings. The van der Waals surface area contributed by atoms with Crippen LogP contribution in [-0.2, 0) is 6.54 Å². The molecule has 3 heteroatoms. The van der Waals surface area contributed by atoms with Crippen molar-refractivity contribution >= 4 is 17.2 Å². The van der Waals surface area contributed by atoms with Crippen LogP contribution in [0.1, 0.15) is 11.1 Å². The molecule has 3 rings (SSSR count). The predicted molar refractivity (Wildman–Crippen MR) is 80.2 cm³/mol. The van der Waals surface area contributed by atoms with E-state index in [-0.39, 0.29) is 0 Å². The quantitative estimate of drug-likeness (QED) is 0.889. The van der Waals surface area contributed by atoms with Crippen molar-refractivity contribution in [2.24, 2.45) is 0 Å². The number of benzene rings is 2. The standard InChI is InChI=1S/C16H17N3/c1-18(2)14-9-5-6-10-15(14)19-11-12-7-3-4-8-13(12)16(19)17/h3-10,17H,11H2,1-2H3. The molecule has 1 heterocycles. The van der Waals surface area contributed by atoms with E-state index in [4.69, 9.17) is 5.41 Å². The minimum absolute atomic E-state index is 0.588. The number of anilines is 2. The second kappa shape index (κ2) is 4.43. The average Bonchev–Trinajstić information content (AvgIpc) is 2.76. The third-order valence-corrected chi connectivity index (χ3v) is 3.53. The van der Waals surface area contributed by atoms with E-state index in [9.17, 15) is 0 Å². The van der Waals surface area contributed by atoms with Gasteiger partial charge in [-0.1, -0.05) is 36.4 Å². The fraction of sp³-hybridized carbons (Fsp3) is 0.188. The highest BCUT2D eigenvalue weighted by atomic mass is 15.2. The molecule has 0 saturated heterocycles. The van der Waals surface area contributed by atoms with Crippen LogP contribution >= 0.6 is 0 Å². The highest BCUT2D eigenvalue weighted by Crippen LogP contribution is 2.34. The molecule has 0 aromatic heterocycles. The lowest BCUT2D eigenvalue weighted by molar-refractivity contribution is 1.03. The largest absolute Gasteiger partial charge is 0.376 e. The Morgan fingerprint density at radius 2 is 1.68 bits per heavy atom. The molecule has 2 aromatic carbocycles. The Morgan fingerprint density at radius 3 is 2.42 bits per heavy atom. The Bertz CT molecular complexity index is 631. The second-order valence-corrected chi connectivity index (χ2v) is 4.98. The molecule has 19 heavy (non-hydrogen) atoms. The first-order chi connectivity index (χ1) is 9.18. The van der Waals surface area contributed by atoms with E-state index < -0.39 is 0 Å². The summed E-state index contributed by atoms with van der Waals surface area (Å²) < 4.78 is 0. The summed E-state index contributed by atoms with van der Waals surface area (Å²) in [5.41, 5.74) is 4.49. The van der Waals surface area contributed by atoms with Crippen LogP contribution in [0.4, 0.5) is 11.4 Å². The summed E-state index contributed by atoms with van der Waals surface area (Å²) in [6.07, 6.45) is 0. The van der Waals surface area contributed by atoms with Crippen molar-refractivity contribution in [3.63, 3.8) is 0 Å². The van der Waals surface area contributed by atoms with Gasteiger partial charge in [0.25, 0.3) is 0 Å². The van der Waals surface area contributed by atoms with E-state index in [0.29, 0.717) is 5.84 Å². The highest BCUT2D eigenvalue weighted by molar-refractivity contribution is 6.12. The third-order valence-electron chi connectivity index (χ3n) is 3.53. The highest BCUT2D eigenvalue weighted by Gasteiger charge is 2.26. The van der Waals surface area contributed by atoms with Gasteiger partial charge < -0.3 is 9.80 Å². The molecule has 0 atom stereocenters. The molecule has 0 spiro atoms. The average molecular weight is 251 g/mol. The molecule has 96 valence electrons. The van der Waals surface area contributed by atoms with Crippen molar-refractivity contribution < 1.29 is 0 Å². The molecular formula is C16H17N3. The second-order valence-electron chi connectivity index (χ2n) is 4.98. The normalized spacial score (nSPS) is 13.6. The lowest BCUT2D eigenvalue weighted by atomic mass is 10.1. The summed E-state index contributed by atoms with van der Waals surface area (Å²) in [5, 5.41) is 8.37. The molecule has 2 aromatic rings. The summed E-state index contributed by atoms with van der Waals surface area (Å²) in [7, 11) is 4.07. The van der Waals surface area contributed by atoms with Gasteiger partial charge in [0.1, 0.15) is 5.84 Å². The van der Waals surface area contributed by atoms with Gasteiger partial charge in [0, 0.05) is 19.7 Å². The van der Waals surface area contributed by atoms with Crippen LogP contribution in [0.15, 0.2) is 48.5 Å². The zero-order chi connectivity index (χ0) is 13.4. The molecule has 3 nitrogen and oxygen atoms in total. The van der Waals surface area contributed by atoms with Gasteiger partial charge >= 0.3 is 0 Å². The van der Waals surface area contributed by atoms with Gasteiger partial charge in [0.05, 0.1) is 17.9 Å². The Labute approximate surface area is 113 Å². The molecule has 0 fully saturated rings. The van der Waals surface area contributed by atoms with E-state index in [1.807, 2.05) is 44.4 Å². The molecule has 0 radical (unpaired) electrons. The number of hydrogen-bond acceptors (Lipinski definition) is 2. The van der Waals surface area contributed by atoms with Crippen molar-refractivity contribution in [3.05, 3.63) is 59.7 Å². The number of nitrogens with zero attached hydrogens (tertiary/aromatic N) is 2. The van der Waals surface area contributed by atoms with Gasteiger partial charge in [0.2, 0.25) is 0 Å². The lowest BCUT2D eigenvalue weighted by Crippen LogP contribution is -2.25. The molecule has 0 bridgehead atoms. The number of fused-ring (bicyclic) bond motifs is 1. The van der Waals surface area contributed by atoms with Crippen molar-refractivity contribution in [2.45, 2.75) is 6.54 Å². The molecule has 1 N–H and O–H groups in total. The van der Waals surface area contributed by atoms with Crippen LogP contribution in [0, 0.1) is 5.41 Å². The van der Waals surface area contributed by atoms with Gasteiger partial charge in [-0.15, -0.1) is 0 Å². The van der Waals surface area contributed by atoms with Crippen LogP contribution in [0.2, 0.25) is 0 Å². The summed E-state index contributed by atoms with van der Waals surface area (Å²) >= 11 is 0. The van der Waals surface area contributed by atoms with E-state index in [1.165, 1.54) is 5.56 Å². The van der Waals surface area contributed by atoms with Crippen molar-refractivity contribution in [1.29, 1.82) is 5.41 Å². The van der Waals surface area contributed by atoms with Crippen LogP contribution in [0.5, 0.6) is 0 Å². The first kappa shape index (κ1) is 11.8. The topological polar surface area (TPSA) is 30.3 Å². The Hall–Kier alpha value is -2.29. The van der Waals surface area contributed by atoms with E-state index >= 15 is 0 Å². The maximum Gasteiger partial charge on any atom is 0.133 e. The van der Waals surface area contributed by atoms with Gasteiger partial charge in [-0.3, -0.25) is 5.41 Å². The summed E-state index contributed by atoms with van der Waals surface area (Å²) in [5.74, 6) is 0.588. The third kappa shape index (κ3) is 1.87. The van der Waals surface area contributed by atoms with Crippen molar-refractivity contribution in [1.82, 2.24) is 0 Å². The number of para-hydroxylation sites is 2. The Kier molecular flexibility index (Phi) is 2.75. The molecule has 0 amide bonds. The number of rotatable bonds is 2. The number of hydrogen-bond donors (Lipinski definition) is 1. The first-order valence-electron chi connectivity index (χ1n) is 6.39. The van der Waals surface area contributed by atoms with Crippen LogP contribution < -0.4 is 9.80 Å². The van der Waals surface area contributed by atoms with Gasteiger partial charge in [-0.05, 0) is 17.7 Å². The number of amidine groups is 1. The minimum Gasteiger partial charge on any atom is -0.376 e. The lowest BCUT2D eigenvalue weighted by Gasteiger charge is -2.25. The maximum atomic E-state index is 8.37. The SMILES string of the molecule is CN(C)c1ccccc1N1Cc2ccccc2C1=N. The van der Waals surface area contributed by atoms with Crippen molar-refractivity contribution in [2.75, 3.05) is 23.9 Å². The monoisotopic (exact) mass is 251 g/mol. The zero-order valence-electron chi connectivity index (χ0n) is 11.2. The fourth-order valence-corrected chi connectivity index (χ4v) is 2.56. The Balaban J connectivity index is 2.05. The molecule has 1 aliphatic heterocycles. The van der Waals surface area contributed by atoms with Crippen LogP contribution in [0.3, 0.4) is 0 Å². The van der Waals surface area contributed by atoms with Crippen molar-refractivity contribution in [3.8, 4) is 0 Å². The van der Waals surface area contributed by atoms with Crippen LogP contribution in [-0.4, -0.2) is 19.9 Å². The van der Waals surface area contributed by atoms with E-state index in [0.717, 1.165) is 23.5 Å². The molecule has 0 unspecified atom stereocenters. The Morgan fingerprint density at radius 1 is 1.00 bits per heavy atom.